The molecule has 0 spiro atoms. The fourth-order valence-electron chi connectivity index (χ4n) is 2.20. The first kappa shape index (κ1) is 12.1. The molecule has 4 heteroatoms. The summed E-state index contributed by atoms with van der Waals surface area (Å²) in [5, 5.41) is 0.415. The summed E-state index contributed by atoms with van der Waals surface area (Å²) in [7, 11) is 1.51. The Hall–Kier alpha value is -1.35. The van der Waals surface area contributed by atoms with Gasteiger partial charge >= 0.3 is 0 Å². The zero-order valence-electron chi connectivity index (χ0n) is 9.53. The average Bonchev–Trinajstić information content (AvgIpc) is 2.30. The van der Waals surface area contributed by atoms with E-state index in [1.54, 1.807) is 18.2 Å². The predicted octanol–water partition coefficient (Wildman–Crippen LogP) is 2.75. The van der Waals surface area contributed by atoms with Crippen molar-refractivity contribution in [3.63, 3.8) is 0 Å². The quantitative estimate of drug-likeness (QED) is 0.760. The van der Waals surface area contributed by atoms with Gasteiger partial charge < -0.3 is 4.74 Å². The topological polar surface area (TPSA) is 43.4 Å². The van der Waals surface area contributed by atoms with Crippen LogP contribution in [0.1, 0.15) is 30.7 Å². The number of hydrogen-bond acceptors (Lipinski definition) is 3. The first-order chi connectivity index (χ1) is 8.15. The third kappa shape index (κ3) is 2.20. The molecule has 17 heavy (non-hydrogen) atoms. The second-order valence-electron chi connectivity index (χ2n) is 4.07. The molecule has 0 bridgehead atoms. The van der Waals surface area contributed by atoms with Gasteiger partial charge in [0.05, 0.1) is 7.11 Å². The van der Waals surface area contributed by atoms with Crippen molar-refractivity contribution in [1.82, 2.24) is 0 Å². The standard InChI is InChI=1S/C13H13ClO3/c1-17-11-7-2-4-8(14)12(11)13-9(15)5-3-6-10(13)16/h2,4,7,13H,3,5-6H2,1H3. The lowest BCUT2D eigenvalue weighted by molar-refractivity contribution is -0.131. The van der Waals surface area contributed by atoms with Crippen LogP contribution in [0, 0.1) is 0 Å². The van der Waals surface area contributed by atoms with Gasteiger partial charge in [-0.2, -0.15) is 0 Å². The van der Waals surface area contributed by atoms with Crippen LogP contribution in [0.4, 0.5) is 0 Å². The number of rotatable bonds is 2. The smallest absolute Gasteiger partial charge is 0.147 e. The second-order valence-corrected chi connectivity index (χ2v) is 4.48. The van der Waals surface area contributed by atoms with Gasteiger partial charge in [0.25, 0.3) is 0 Å². The molecule has 1 saturated carbocycles. The van der Waals surface area contributed by atoms with Crippen LogP contribution in [0.3, 0.4) is 0 Å². The van der Waals surface area contributed by atoms with Gasteiger partial charge in [-0.15, -0.1) is 0 Å². The third-order valence-electron chi connectivity index (χ3n) is 3.01. The predicted molar refractivity (Wildman–Crippen MR) is 64.6 cm³/mol. The van der Waals surface area contributed by atoms with Gasteiger partial charge in [-0.25, -0.2) is 0 Å². The molecule has 1 aromatic rings. The Bertz CT molecular complexity index is 452. The normalized spacial score (nSPS) is 17.3. The van der Waals surface area contributed by atoms with E-state index in [1.807, 2.05) is 0 Å². The number of ether oxygens (including phenoxy) is 1. The minimum absolute atomic E-state index is 0.0624. The summed E-state index contributed by atoms with van der Waals surface area (Å²) >= 11 is 6.09. The summed E-state index contributed by atoms with van der Waals surface area (Å²) in [5.41, 5.74) is 0.520. The highest BCUT2D eigenvalue weighted by Gasteiger charge is 2.34. The molecular weight excluding hydrogens is 240 g/mol. The molecule has 1 aliphatic carbocycles. The van der Waals surface area contributed by atoms with E-state index in [0.29, 0.717) is 35.6 Å². The number of carbonyl (C=O) groups excluding carboxylic acids is 2. The van der Waals surface area contributed by atoms with Gasteiger partial charge in [0.1, 0.15) is 23.2 Å². The molecule has 1 aliphatic rings. The number of halogens is 1. The monoisotopic (exact) mass is 252 g/mol. The molecule has 0 radical (unpaired) electrons. The molecule has 0 unspecified atom stereocenters. The first-order valence-corrected chi connectivity index (χ1v) is 5.90. The summed E-state index contributed by atoms with van der Waals surface area (Å²) in [6.07, 6.45) is 1.51. The van der Waals surface area contributed by atoms with Crippen molar-refractivity contribution in [3.8, 4) is 5.75 Å². The largest absolute Gasteiger partial charge is 0.496 e. The van der Waals surface area contributed by atoms with E-state index in [9.17, 15) is 9.59 Å². The molecule has 90 valence electrons. The second kappa shape index (κ2) is 4.88. The van der Waals surface area contributed by atoms with E-state index in [4.69, 9.17) is 16.3 Å². The Morgan fingerprint density at radius 3 is 2.47 bits per heavy atom. The molecule has 0 heterocycles. The van der Waals surface area contributed by atoms with Crippen LogP contribution >= 0.6 is 11.6 Å². The van der Waals surface area contributed by atoms with Crippen molar-refractivity contribution in [3.05, 3.63) is 28.8 Å². The highest BCUT2D eigenvalue weighted by Crippen LogP contribution is 2.37. The Balaban J connectivity index is 2.51. The lowest BCUT2D eigenvalue weighted by Gasteiger charge is -2.22. The number of Topliss-reactive ketones (excluding diaryl/α,β-unsaturated/α-hetero) is 2. The highest BCUT2D eigenvalue weighted by atomic mass is 35.5. The van der Waals surface area contributed by atoms with Gasteiger partial charge in [-0.1, -0.05) is 17.7 Å². The summed E-state index contributed by atoms with van der Waals surface area (Å²) in [6.45, 7) is 0. The minimum atomic E-state index is -0.743. The van der Waals surface area contributed by atoms with Crippen molar-refractivity contribution >= 4 is 23.2 Å². The van der Waals surface area contributed by atoms with E-state index < -0.39 is 5.92 Å². The lowest BCUT2D eigenvalue weighted by atomic mass is 9.81. The van der Waals surface area contributed by atoms with Crippen molar-refractivity contribution < 1.29 is 14.3 Å². The molecule has 0 amide bonds. The molecule has 3 nitrogen and oxygen atoms in total. The van der Waals surface area contributed by atoms with E-state index in [2.05, 4.69) is 0 Å². The van der Waals surface area contributed by atoms with Gasteiger partial charge in [0.2, 0.25) is 0 Å². The van der Waals surface area contributed by atoms with Crippen LogP contribution in [-0.2, 0) is 9.59 Å². The first-order valence-electron chi connectivity index (χ1n) is 5.53. The van der Waals surface area contributed by atoms with Crippen molar-refractivity contribution in [2.45, 2.75) is 25.2 Å². The zero-order valence-corrected chi connectivity index (χ0v) is 10.3. The lowest BCUT2D eigenvalue weighted by Crippen LogP contribution is -2.27. The van der Waals surface area contributed by atoms with Gasteiger partial charge in [-0.05, 0) is 18.6 Å². The Morgan fingerprint density at radius 2 is 1.88 bits per heavy atom. The van der Waals surface area contributed by atoms with E-state index in [0.717, 1.165) is 0 Å². The van der Waals surface area contributed by atoms with Crippen molar-refractivity contribution in [2.75, 3.05) is 7.11 Å². The Kier molecular flexibility index (Phi) is 3.48. The molecule has 0 aliphatic heterocycles. The molecule has 0 aromatic heterocycles. The Morgan fingerprint density at radius 1 is 1.24 bits per heavy atom. The maximum absolute atomic E-state index is 11.9. The minimum Gasteiger partial charge on any atom is -0.496 e. The molecule has 1 fully saturated rings. The number of benzene rings is 1. The Labute approximate surface area is 105 Å². The maximum Gasteiger partial charge on any atom is 0.147 e. The SMILES string of the molecule is COc1cccc(Cl)c1C1C(=O)CCCC1=O. The van der Waals surface area contributed by atoms with E-state index >= 15 is 0 Å². The van der Waals surface area contributed by atoms with E-state index in [-0.39, 0.29) is 11.6 Å². The van der Waals surface area contributed by atoms with Crippen LogP contribution < -0.4 is 4.74 Å². The molecular formula is C13H13ClO3. The van der Waals surface area contributed by atoms with Crippen molar-refractivity contribution in [1.29, 1.82) is 0 Å². The molecule has 2 rings (SSSR count). The molecule has 0 atom stereocenters. The van der Waals surface area contributed by atoms with Crippen LogP contribution in [0.5, 0.6) is 5.75 Å². The number of methoxy groups -OCH3 is 1. The van der Waals surface area contributed by atoms with Gasteiger partial charge in [-0.3, -0.25) is 9.59 Å². The summed E-state index contributed by atoms with van der Waals surface area (Å²) in [4.78, 5) is 23.8. The summed E-state index contributed by atoms with van der Waals surface area (Å²) < 4.78 is 5.19. The van der Waals surface area contributed by atoms with Gasteiger partial charge in [0, 0.05) is 23.4 Å². The molecule has 1 aromatic carbocycles. The maximum atomic E-state index is 11.9. The fraction of sp³-hybridized carbons (Fsp3) is 0.385. The van der Waals surface area contributed by atoms with Gasteiger partial charge in [0.15, 0.2) is 0 Å². The van der Waals surface area contributed by atoms with E-state index in [1.165, 1.54) is 7.11 Å². The average molecular weight is 253 g/mol. The van der Waals surface area contributed by atoms with Crippen molar-refractivity contribution in [2.24, 2.45) is 0 Å². The van der Waals surface area contributed by atoms with Crippen LogP contribution in [-0.4, -0.2) is 18.7 Å². The van der Waals surface area contributed by atoms with Crippen LogP contribution in [0.25, 0.3) is 0 Å². The van der Waals surface area contributed by atoms with Crippen LogP contribution in [0.2, 0.25) is 5.02 Å². The summed E-state index contributed by atoms with van der Waals surface area (Å²) in [6, 6.07) is 5.13. The summed E-state index contributed by atoms with van der Waals surface area (Å²) in [5.74, 6) is -0.362. The molecule has 0 saturated heterocycles. The highest BCUT2D eigenvalue weighted by molar-refractivity contribution is 6.32. The third-order valence-corrected chi connectivity index (χ3v) is 3.34. The number of hydrogen-bond donors (Lipinski definition) is 0. The zero-order chi connectivity index (χ0) is 12.4. The fourth-order valence-corrected chi connectivity index (χ4v) is 2.48. The number of carbonyl (C=O) groups is 2. The number of ketones is 2. The van der Waals surface area contributed by atoms with Crippen LogP contribution in [0.15, 0.2) is 18.2 Å². The molecule has 0 N–H and O–H groups in total.